The first-order valence-corrected chi connectivity index (χ1v) is 5.84. The van der Waals surface area contributed by atoms with Crippen molar-refractivity contribution in [3.63, 3.8) is 0 Å². The van der Waals surface area contributed by atoms with Crippen molar-refractivity contribution in [3.8, 4) is 11.5 Å². The first-order valence-electron chi connectivity index (χ1n) is 5.84. The van der Waals surface area contributed by atoms with E-state index in [4.69, 9.17) is 9.47 Å². The summed E-state index contributed by atoms with van der Waals surface area (Å²) in [6, 6.07) is 3.63. The first kappa shape index (κ1) is 16.2. The Hall–Kier alpha value is -1.84. The van der Waals surface area contributed by atoms with Gasteiger partial charge >= 0.3 is 0 Å². The van der Waals surface area contributed by atoms with Crippen LogP contribution in [0.15, 0.2) is 12.1 Å². The lowest BCUT2D eigenvalue weighted by Gasteiger charge is -2.12. The van der Waals surface area contributed by atoms with Crippen LogP contribution in [0.2, 0.25) is 0 Å². The Balaban J connectivity index is 0.00000137. The highest BCUT2D eigenvalue weighted by Gasteiger charge is 2.08. The summed E-state index contributed by atoms with van der Waals surface area (Å²) in [5.74, 6) is 0.787. The summed E-state index contributed by atoms with van der Waals surface area (Å²) in [4.78, 5) is 21.0. The number of rotatable bonds is 5. The maximum Gasteiger partial charge on any atom is 0.232 e. The van der Waals surface area contributed by atoms with Crippen LogP contribution in [-0.2, 0) is 9.59 Å². The SMILES string of the molecule is CC.COc1cc(C)c(OCC(=O)C=O)c(C)c1. The fourth-order valence-corrected chi connectivity index (χ4v) is 1.43. The molecule has 0 unspecified atom stereocenters. The average Bonchev–Trinajstić information content (AvgIpc) is 2.39. The predicted molar refractivity (Wildman–Crippen MR) is 70.4 cm³/mol. The number of ketones is 1. The van der Waals surface area contributed by atoms with E-state index in [1.807, 2.05) is 39.8 Å². The smallest absolute Gasteiger partial charge is 0.232 e. The van der Waals surface area contributed by atoms with Crippen molar-refractivity contribution in [1.82, 2.24) is 0 Å². The van der Waals surface area contributed by atoms with Gasteiger partial charge in [0.2, 0.25) is 5.78 Å². The topological polar surface area (TPSA) is 52.6 Å². The van der Waals surface area contributed by atoms with Gasteiger partial charge in [-0.25, -0.2) is 0 Å². The summed E-state index contributed by atoms with van der Waals surface area (Å²) in [5.41, 5.74) is 1.74. The molecule has 0 fully saturated rings. The molecule has 0 aromatic heterocycles. The van der Waals surface area contributed by atoms with E-state index in [1.54, 1.807) is 7.11 Å². The third kappa shape index (κ3) is 4.57. The second kappa shape index (κ2) is 8.28. The summed E-state index contributed by atoms with van der Waals surface area (Å²) in [7, 11) is 1.59. The van der Waals surface area contributed by atoms with Crippen LogP contribution in [0.3, 0.4) is 0 Å². The van der Waals surface area contributed by atoms with Crippen molar-refractivity contribution in [2.24, 2.45) is 0 Å². The number of carbonyl (C=O) groups excluding carboxylic acids is 2. The molecule has 0 spiro atoms. The lowest BCUT2D eigenvalue weighted by atomic mass is 10.1. The van der Waals surface area contributed by atoms with Gasteiger partial charge in [-0.15, -0.1) is 0 Å². The largest absolute Gasteiger partial charge is 0.497 e. The van der Waals surface area contributed by atoms with Crippen molar-refractivity contribution in [3.05, 3.63) is 23.3 Å². The Kier molecular flexibility index (Phi) is 7.43. The molecule has 1 aromatic carbocycles. The van der Waals surface area contributed by atoms with Crippen LogP contribution in [0.1, 0.15) is 25.0 Å². The van der Waals surface area contributed by atoms with Gasteiger partial charge in [0.25, 0.3) is 0 Å². The van der Waals surface area contributed by atoms with Crippen LogP contribution in [0, 0.1) is 13.8 Å². The number of aldehydes is 1. The zero-order valence-electron chi connectivity index (χ0n) is 11.6. The molecule has 1 rings (SSSR count). The van der Waals surface area contributed by atoms with E-state index < -0.39 is 5.78 Å². The van der Waals surface area contributed by atoms with Crippen LogP contribution in [0.25, 0.3) is 0 Å². The second-order valence-corrected chi connectivity index (χ2v) is 3.46. The highest BCUT2D eigenvalue weighted by Crippen LogP contribution is 2.28. The summed E-state index contributed by atoms with van der Waals surface area (Å²) >= 11 is 0. The molecule has 0 atom stereocenters. The fourth-order valence-electron chi connectivity index (χ4n) is 1.43. The third-order valence-electron chi connectivity index (χ3n) is 2.16. The number of methoxy groups -OCH3 is 1. The summed E-state index contributed by atoms with van der Waals surface area (Å²) < 4.78 is 10.4. The van der Waals surface area contributed by atoms with Gasteiger partial charge in [-0.05, 0) is 37.1 Å². The first-order chi connectivity index (χ1) is 8.58. The van der Waals surface area contributed by atoms with Crippen molar-refractivity contribution in [1.29, 1.82) is 0 Å². The highest BCUT2D eigenvalue weighted by atomic mass is 16.5. The average molecular weight is 252 g/mol. The molecule has 0 aliphatic heterocycles. The van der Waals surface area contributed by atoms with E-state index in [9.17, 15) is 9.59 Å². The van der Waals surface area contributed by atoms with E-state index in [0.29, 0.717) is 5.75 Å². The molecule has 0 aliphatic rings. The molecule has 0 bridgehead atoms. The zero-order valence-corrected chi connectivity index (χ0v) is 11.6. The minimum Gasteiger partial charge on any atom is -0.497 e. The molecule has 18 heavy (non-hydrogen) atoms. The Morgan fingerprint density at radius 1 is 1.22 bits per heavy atom. The van der Waals surface area contributed by atoms with Gasteiger partial charge in [0, 0.05) is 0 Å². The lowest BCUT2D eigenvalue weighted by molar-refractivity contribution is -0.131. The summed E-state index contributed by atoms with van der Waals surface area (Å²) in [6.45, 7) is 7.49. The van der Waals surface area contributed by atoms with Crippen LogP contribution in [0.4, 0.5) is 0 Å². The number of benzene rings is 1. The minimum absolute atomic E-state index is 0.225. The van der Waals surface area contributed by atoms with Crippen molar-refractivity contribution in [2.75, 3.05) is 13.7 Å². The van der Waals surface area contributed by atoms with Crippen molar-refractivity contribution in [2.45, 2.75) is 27.7 Å². The molecule has 0 N–H and O–H groups in total. The number of ether oxygens (including phenoxy) is 2. The number of Topliss-reactive ketones (excluding diaryl/α,β-unsaturated/α-hetero) is 1. The summed E-state index contributed by atoms with van der Waals surface area (Å²) in [6.07, 6.45) is 0.258. The molecule has 0 amide bonds. The third-order valence-corrected chi connectivity index (χ3v) is 2.16. The molecular weight excluding hydrogens is 232 g/mol. The Morgan fingerprint density at radius 3 is 2.11 bits per heavy atom. The Morgan fingerprint density at radius 2 is 1.72 bits per heavy atom. The van der Waals surface area contributed by atoms with Gasteiger partial charge in [0.1, 0.15) is 11.5 Å². The Bertz CT molecular complexity index is 387. The molecule has 0 saturated heterocycles. The molecule has 4 heteroatoms. The van der Waals surface area contributed by atoms with Gasteiger partial charge in [-0.3, -0.25) is 9.59 Å². The van der Waals surface area contributed by atoms with Crippen LogP contribution < -0.4 is 9.47 Å². The van der Waals surface area contributed by atoms with Crippen molar-refractivity contribution < 1.29 is 19.1 Å². The molecule has 0 radical (unpaired) electrons. The maximum absolute atomic E-state index is 10.8. The van der Waals surface area contributed by atoms with E-state index >= 15 is 0 Å². The molecule has 0 aliphatic carbocycles. The van der Waals surface area contributed by atoms with E-state index in [-0.39, 0.29) is 12.9 Å². The number of hydrogen-bond donors (Lipinski definition) is 0. The Labute approximate surface area is 108 Å². The monoisotopic (exact) mass is 252 g/mol. The summed E-state index contributed by atoms with van der Waals surface area (Å²) in [5, 5.41) is 0. The molecule has 100 valence electrons. The molecule has 1 aromatic rings. The lowest BCUT2D eigenvalue weighted by Crippen LogP contribution is -2.13. The maximum atomic E-state index is 10.8. The number of hydrogen-bond acceptors (Lipinski definition) is 4. The van der Waals surface area contributed by atoms with Crippen LogP contribution >= 0.6 is 0 Å². The van der Waals surface area contributed by atoms with Crippen LogP contribution in [-0.4, -0.2) is 25.8 Å². The van der Waals surface area contributed by atoms with Gasteiger partial charge in [0.15, 0.2) is 12.9 Å². The number of carbonyl (C=O) groups is 2. The number of aryl methyl sites for hydroxylation is 2. The van der Waals surface area contributed by atoms with Gasteiger partial charge in [0.05, 0.1) is 7.11 Å². The van der Waals surface area contributed by atoms with Gasteiger partial charge in [-0.1, -0.05) is 13.8 Å². The van der Waals surface area contributed by atoms with Crippen LogP contribution in [0.5, 0.6) is 11.5 Å². The molecule has 0 heterocycles. The van der Waals surface area contributed by atoms with E-state index in [1.165, 1.54) is 0 Å². The zero-order chi connectivity index (χ0) is 14.1. The van der Waals surface area contributed by atoms with Gasteiger partial charge < -0.3 is 9.47 Å². The molecule has 0 saturated carbocycles. The molecular formula is C14H20O4. The normalized spacial score (nSPS) is 8.94. The standard InChI is InChI=1S/C12H14O4.C2H6/c1-8-4-11(15-3)5-9(2)12(8)16-7-10(14)6-13;1-2/h4-6H,7H2,1-3H3;1-2H3. The predicted octanol–water partition coefficient (Wildman–Crippen LogP) is 2.49. The van der Waals surface area contributed by atoms with E-state index in [2.05, 4.69) is 0 Å². The fraction of sp³-hybridized carbons (Fsp3) is 0.429. The minimum atomic E-state index is -0.574. The quantitative estimate of drug-likeness (QED) is 0.596. The highest BCUT2D eigenvalue weighted by molar-refractivity contribution is 6.25. The van der Waals surface area contributed by atoms with Gasteiger partial charge in [-0.2, -0.15) is 0 Å². The van der Waals surface area contributed by atoms with Crippen molar-refractivity contribution >= 4 is 12.1 Å². The second-order valence-electron chi connectivity index (χ2n) is 3.46. The molecule has 4 nitrogen and oxygen atoms in total. The van der Waals surface area contributed by atoms with E-state index in [0.717, 1.165) is 16.9 Å².